The van der Waals surface area contributed by atoms with Gasteiger partial charge in [0.2, 0.25) is 0 Å². The molecule has 3 radical (unpaired) electrons. The molecule has 0 unspecified atom stereocenters. The van der Waals surface area contributed by atoms with Gasteiger partial charge in [0.1, 0.15) is 5.82 Å². The summed E-state index contributed by atoms with van der Waals surface area (Å²) < 4.78 is 54.9. The van der Waals surface area contributed by atoms with Gasteiger partial charge in [0.05, 0.1) is 5.56 Å². The van der Waals surface area contributed by atoms with E-state index in [0.717, 1.165) is 0 Å². The number of rotatable bonds is 6. The van der Waals surface area contributed by atoms with Crippen LogP contribution in [0.25, 0.3) is 0 Å². The fourth-order valence-electron chi connectivity index (χ4n) is 1.45. The van der Waals surface area contributed by atoms with Gasteiger partial charge in [0.25, 0.3) is 10.5 Å². The molecule has 1 rings (SSSR count). The molecular weight excluding hydrogens is 265 g/mol. The van der Waals surface area contributed by atoms with Crippen LogP contribution in [0.1, 0.15) is 19.4 Å². The topological polar surface area (TPSA) is 27.7 Å². The van der Waals surface area contributed by atoms with E-state index in [9.17, 15) is 13.2 Å². The molecule has 1 aromatic rings. The van der Waals surface area contributed by atoms with Crippen LogP contribution in [0.4, 0.5) is 13.2 Å². The number of benzene rings is 1. The molecule has 0 spiro atoms. The third-order valence-electron chi connectivity index (χ3n) is 2.14. The van der Waals surface area contributed by atoms with E-state index < -0.39 is 23.4 Å². The largest absolute Gasteiger partial charge is 0.367 e. The fourth-order valence-corrected chi connectivity index (χ4v) is 1.68. The number of hydrogen-bond acceptors (Lipinski definition) is 3. The summed E-state index contributed by atoms with van der Waals surface area (Å²) in [5, 5.41) is 0. The van der Waals surface area contributed by atoms with Crippen molar-refractivity contribution in [3.63, 3.8) is 0 Å². The van der Waals surface area contributed by atoms with Gasteiger partial charge in [0, 0.05) is 19.3 Å². The molecule has 18 heavy (non-hydrogen) atoms. The van der Waals surface area contributed by atoms with Crippen molar-refractivity contribution in [2.24, 2.45) is 0 Å². The summed E-state index contributed by atoms with van der Waals surface area (Å²) in [4.78, 5) is 0. The lowest BCUT2D eigenvalue weighted by molar-refractivity contribution is -0.354. The van der Waals surface area contributed by atoms with Crippen LogP contribution < -0.4 is 0 Å². The highest BCUT2D eigenvalue weighted by molar-refractivity contribution is 5.98. The normalized spacial score (nSPS) is 11.9. The Morgan fingerprint density at radius 3 is 1.94 bits per heavy atom. The van der Waals surface area contributed by atoms with Crippen molar-refractivity contribution in [2.45, 2.75) is 19.8 Å². The molecule has 99 valence electrons. The van der Waals surface area contributed by atoms with Crippen LogP contribution in [0.15, 0.2) is 12.1 Å². The molecule has 0 heterocycles. The van der Waals surface area contributed by atoms with Crippen molar-refractivity contribution in [3.05, 3.63) is 35.1 Å². The summed E-state index contributed by atoms with van der Waals surface area (Å²) >= 11 is 0. The third-order valence-corrected chi connectivity index (χ3v) is 2.41. The monoisotopic (exact) mass is 277 g/mol. The molecule has 0 fully saturated rings. The van der Waals surface area contributed by atoms with Gasteiger partial charge in [-0.1, -0.05) is 0 Å². The quantitative estimate of drug-likeness (QED) is 0.454. The standard InChI is InChI=1S/C11H12F3O3Si/c1-3-15-11(17-18,16-4-2)7-5-9(13)10(14)6-8(7)12/h5-6H,3-4H2,1-2H3. The minimum atomic E-state index is -1.96. The van der Waals surface area contributed by atoms with E-state index in [2.05, 4.69) is 10.5 Å². The Hall–Kier alpha value is -0.893. The van der Waals surface area contributed by atoms with Crippen molar-refractivity contribution < 1.29 is 27.1 Å². The average Bonchev–Trinajstić information content (AvgIpc) is 2.33. The van der Waals surface area contributed by atoms with Crippen molar-refractivity contribution in [3.8, 4) is 0 Å². The smallest absolute Gasteiger partial charge is 0.305 e. The zero-order valence-corrected chi connectivity index (χ0v) is 10.9. The molecule has 0 amide bonds. The van der Waals surface area contributed by atoms with E-state index in [1.807, 2.05) is 0 Å². The summed E-state index contributed by atoms with van der Waals surface area (Å²) in [6, 6.07) is 1.04. The van der Waals surface area contributed by atoms with Crippen LogP contribution in [-0.4, -0.2) is 23.7 Å². The molecule has 0 bridgehead atoms. The Balaban J connectivity index is 3.31. The maximum absolute atomic E-state index is 13.7. The first-order valence-electron chi connectivity index (χ1n) is 5.28. The second-order valence-electron chi connectivity index (χ2n) is 3.27. The van der Waals surface area contributed by atoms with Crippen molar-refractivity contribution in [1.82, 2.24) is 0 Å². The molecule has 7 heteroatoms. The average molecular weight is 277 g/mol. The molecule has 0 aromatic heterocycles. The second kappa shape index (κ2) is 6.33. The van der Waals surface area contributed by atoms with Crippen LogP contribution in [0.2, 0.25) is 0 Å². The lowest BCUT2D eigenvalue weighted by Gasteiger charge is -2.32. The van der Waals surface area contributed by atoms with Crippen LogP contribution in [-0.2, 0) is 19.9 Å². The Labute approximate surface area is 106 Å². The second-order valence-corrected chi connectivity index (χ2v) is 3.47. The molecule has 0 aliphatic rings. The van der Waals surface area contributed by atoms with Crippen LogP contribution in [0.5, 0.6) is 0 Å². The van der Waals surface area contributed by atoms with Gasteiger partial charge in [-0.15, -0.1) is 0 Å². The molecule has 3 nitrogen and oxygen atoms in total. The molecule has 0 saturated carbocycles. The molecule has 0 saturated heterocycles. The maximum atomic E-state index is 13.7. The Morgan fingerprint density at radius 1 is 1.00 bits per heavy atom. The first-order chi connectivity index (χ1) is 8.50. The van der Waals surface area contributed by atoms with E-state index in [1.54, 1.807) is 13.8 Å². The Bertz CT molecular complexity index is 409. The number of halogens is 3. The number of ether oxygens (including phenoxy) is 2. The van der Waals surface area contributed by atoms with Crippen molar-refractivity contribution >= 4 is 10.5 Å². The molecule has 1 aromatic carbocycles. The van der Waals surface area contributed by atoms with Gasteiger partial charge in [0.15, 0.2) is 11.6 Å². The van der Waals surface area contributed by atoms with Gasteiger partial charge in [-0.05, 0) is 19.9 Å². The zero-order chi connectivity index (χ0) is 13.8. The lowest BCUT2D eigenvalue weighted by atomic mass is 10.1. The van der Waals surface area contributed by atoms with Gasteiger partial charge >= 0.3 is 5.97 Å². The maximum Gasteiger partial charge on any atom is 0.305 e. The predicted molar refractivity (Wildman–Crippen MR) is 58.1 cm³/mol. The van der Waals surface area contributed by atoms with Crippen LogP contribution in [0, 0.1) is 17.5 Å². The van der Waals surface area contributed by atoms with Crippen LogP contribution in [0.3, 0.4) is 0 Å². The van der Waals surface area contributed by atoms with Gasteiger partial charge < -0.3 is 13.9 Å². The molecule has 0 atom stereocenters. The molecule has 0 N–H and O–H groups in total. The number of hydrogen-bond donors (Lipinski definition) is 0. The van der Waals surface area contributed by atoms with E-state index in [0.29, 0.717) is 12.1 Å². The van der Waals surface area contributed by atoms with E-state index >= 15 is 0 Å². The summed E-state index contributed by atoms with van der Waals surface area (Å²) in [5.74, 6) is -5.51. The predicted octanol–water partition coefficient (Wildman–Crippen LogP) is 2.39. The summed E-state index contributed by atoms with van der Waals surface area (Å²) in [6.45, 7) is 3.47. The van der Waals surface area contributed by atoms with Crippen LogP contribution >= 0.6 is 0 Å². The van der Waals surface area contributed by atoms with Gasteiger partial charge in [-0.25, -0.2) is 13.2 Å². The summed E-state index contributed by atoms with van der Waals surface area (Å²) in [5.41, 5.74) is -0.389. The van der Waals surface area contributed by atoms with Gasteiger partial charge in [-0.2, -0.15) is 0 Å². The highest BCUT2D eigenvalue weighted by Gasteiger charge is 2.37. The molecule has 0 aliphatic carbocycles. The minimum Gasteiger partial charge on any atom is -0.367 e. The zero-order valence-electron chi connectivity index (χ0n) is 9.93. The lowest BCUT2D eigenvalue weighted by Crippen LogP contribution is -2.37. The Kier molecular flexibility index (Phi) is 5.33. The van der Waals surface area contributed by atoms with E-state index in [1.165, 1.54) is 0 Å². The third kappa shape index (κ3) is 2.92. The SMILES string of the molecule is CCOC(O[Si])(OCC)c1cc(F)c(F)cc1F. The van der Waals surface area contributed by atoms with E-state index in [-0.39, 0.29) is 18.8 Å². The fraction of sp³-hybridized carbons (Fsp3) is 0.455. The summed E-state index contributed by atoms with van der Waals surface area (Å²) in [6.07, 6.45) is 0. The summed E-state index contributed by atoms with van der Waals surface area (Å²) in [7, 11) is 2.71. The van der Waals surface area contributed by atoms with Crippen molar-refractivity contribution in [2.75, 3.05) is 13.2 Å². The minimum absolute atomic E-state index is 0.114. The van der Waals surface area contributed by atoms with Crippen molar-refractivity contribution in [1.29, 1.82) is 0 Å². The Morgan fingerprint density at radius 2 is 1.50 bits per heavy atom. The van der Waals surface area contributed by atoms with Gasteiger partial charge in [-0.3, -0.25) is 0 Å². The first-order valence-corrected chi connectivity index (χ1v) is 5.69. The molecule has 0 aliphatic heterocycles. The van der Waals surface area contributed by atoms with E-state index in [4.69, 9.17) is 13.9 Å². The highest BCUT2D eigenvalue weighted by atomic mass is 28.2. The first kappa shape index (κ1) is 15.2. The highest BCUT2D eigenvalue weighted by Crippen LogP contribution is 2.31. The molecular formula is C11H12F3O3Si.